The van der Waals surface area contributed by atoms with Crippen molar-refractivity contribution >= 4 is 31.2 Å². The summed E-state index contributed by atoms with van der Waals surface area (Å²) in [6.45, 7) is 0. The Bertz CT molecular complexity index is 1370. The predicted molar refractivity (Wildman–Crippen MR) is 112 cm³/mol. The molecule has 1 unspecified atom stereocenters. The fourth-order valence-electron chi connectivity index (χ4n) is 5.26. The van der Waals surface area contributed by atoms with Crippen LogP contribution in [0.4, 0.5) is 0 Å². The number of carbonyl (C=O) groups is 2. The van der Waals surface area contributed by atoms with E-state index in [1.54, 1.807) is 24.3 Å². The molecule has 0 heterocycles. The quantitative estimate of drug-likeness (QED) is 0.658. The second-order valence-electron chi connectivity index (χ2n) is 8.03. The van der Waals surface area contributed by atoms with Gasteiger partial charge in [-0.2, -0.15) is 0 Å². The van der Waals surface area contributed by atoms with Crippen molar-refractivity contribution in [3.63, 3.8) is 0 Å². The van der Waals surface area contributed by atoms with Gasteiger partial charge in [-0.15, -0.1) is 0 Å². The Morgan fingerprint density at radius 3 is 1.97 bits per heavy atom. The Kier molecular flexibility index (Phi) is 4.26. The van der Waals surface area contributed by atoms with Crippen molar-refractivity contribution in [1.82, 2.24) is 0 Å². The number of ketones is 2. The standard InChI is InChI=1S/C23H18O6S2/c24-19-14-20(30(26,27)17-7-3-1-4-8-17)22(25)23(16-12-11-15(13-16)21(19)23)31(28,29)18-9-5-2-6-10-18/h1-12,14-16,21H,13H2/t15-,16+,21?,23-/m0/s1. The van der Waals surface area contributed by atoms with Gasteiger partial charge in [0.1, 0.15) is 4.91 Å². The number of sulfone groups is 2. The molecule has 5 rings (SSSR count). The van der Waals surface area contributed by atoms with Gasteiger partial charge >= 0.3 is 0 Å². The molecule has 2 aromatic carbocycles. The zero-order valence-corrected chi connectivity index (χ0v) is 17.8. The lowest BCUT2D eigenvalue weighted by atomic mass is 9.73. The maximum atomic E-state index is 13.9. The van der Waals surface area contributed by atoms with Crippen LogP contribution in [0.3, 0.4) is 0 Å². The minimum atomic E-state index is -4.38. The third-order valence-electron chi connectivity index (χ3n) is 6.56. The molecule has 0 N–H and O–H groups in total. The number of fused-ring (bicyclic) bond motifs is 5. The fourth-order valence-corrected chi connectivity index (χ4v) is 9.24. The average molecular weight is 455 g/mol. The summed E-state index contributed by atoms with van der Waals surface area (Å²) in [4.78, 5) is 26.1. The number of allylic oxidation sites excluding steroid dienone is 4. The van der Waals surface area contributed by atoms with E-state index < -0.39 is 58.6 Å². The van der Waals surface area contributed by atoms with Crippen molar-refractivity contribution < 1.29 is 26.4 Å². The highest BCUT2D eigenvalue weighted by Crippen LogP contribution is 2.59. The Balaban J connectivity index is 1.77. The number of rotatable bonds is 4. The summed E-state index contributed by atoms with van der Waals surface area (Å²) in [5, 5.41) is 0. The Morgan fingerprint density at radius 1 is 0.774 bits per heavy atom. The topological polar surface area (TPSA) is 102 Å². The normalized spacial score (nSPS) is 29.7. The fraction of sp³-hybridized carbons (Fsp3) is 0.217. The molecular weight excluding hydrogens is 436 g/mol. The molecule has 0 aromatic heterocycles. The smallest absolute Gasteiger partial charge is 0.210 e. The molecule has 0 saturated heterocycles. The minimum Gasteiger partial charge on any atom is -0.294 e. The molecule has 3 aliphatic carbocycles. The third kappa shape index (κ3) is 2.49. The van der Waals surface area contributed by atoms with E-state index in [1.165, 1.54) is 48.5 Å². The highest BCUT2D eigenvalue weighted by atomic mass is 32.2. The van der Waals surface area contributed by atoms with Gasteiger partial charge in [-0.05, 0) is 36.6 Å². The molecule has 6 nitrogen and oxygen atoms in total. The van der Waals surface area contributed by atoms with Crippen molar-refractivity contribution in [3.8, 4) is 0 Å². The van der Waals surface area contributed by atoms with Gasteiger partial charge in [0, 0.05) is 12.0 Å². The summed E-state index contributed by atoms with van der Waals surface area (Å²) in [6, 6.07) is 14.7. The summed E-state index contributed by atoms with van der Waals surface area (Å²) < 4.78 is 52.3. The van der Waals surface area contributed by atoms with E-state index in [-0.39, 0.29) is 9.79 Å². The molecule has 2 bridgehead atoms. The highest BCUT2D eigenvalue weighted by molar-refractivity contribution is 7.97. The molecule has 0 amide bonds. The Labute approximate surface area is 180 Å². The average Bonchev–Trinajstić information content (AvgIpc) is 3.39. The largest absolute Gasteiger partial charge is 0.294 e. The van der Waals surface area contributed by atoms with Crippen molar-refractivity contribution in [2.24, 2.45) is 17.8 Å². The lowest BCUT2D eigenvalue weighted by Gasteiger charge is -2.41. The lowest BCUT2D eigenvalue weighted by molar-refractivity contribution is -0.128. The van der Waals surface area contributed by atoms with Crippen molar-refractivity contribution in [2.45, 2.75) is 21.0 Å². The van der Waals surface area contributed by atoms with E-state index in [4.69, 9.17) is 0 Å². The van der Waals surface area contributed by atoms with Crippen LogP contribution in [0.25, 0.3) is 0 Å². The second kappa shape index (κ2) is 6.58. The van der Waals surface area contributed by atoms with E-state index in [2.05, 4.69) is 0 Å². The van der Waals surface area contributed by atoms with Gasteiger partial charge in [-0.1, -0.05) is 48.6 Å². The van der Waals surface area contributed by atoms with Crippen molar-refractivity contribution in [1.29, 1.82) is 0 Å². The van der Waals surface area contributed by atoms with E-state index in [0.29, 0.717) is 6.42 Å². The van der Waals surface area contributed by atoms with Crippen LogP contribution in [-0.2, 0) is 29.3 Å². The summed E-state index contributed by atoms with van der Waals surface area (Å²) >= 11 is 0. The predicted octanol–water partition coefficient (Wildman–Crippen LogP) is 2.53. The van der Waals surface area contributed by atoms with Crippen molar-refractivity contribution in [3.05, 3.63) is 83.8 Å². The zero-order chi connectivity index (χ0) is 22.0. The minimum absolute atomic E-state index is 0.0968. The molecule has 4 atom stereocenters. The lowest BCUT2D eigenvalue weighted by Crippen LogP contribution is -2.60. The molecule has 0 aliphatic heterocycles. The van der Waals surface area contributed by atoms with E-state index in [9.17, 15) is 26.4 Å². The molecule has 158 valence electrons. The molecule has 0 radical (unpaired) electrons. The molecule has 1 fully saturated rings. The number of benzene rings is 2. The number of Topliss-reactive ketones (excluding diaryl/α,β-unsaturated/α-hetero) is 1. The third-order valence-corrected chi connectivity index (χ3v) is 10.9. The summed E-state index contributed by atoms with van der Waals surface area (Å²) in [5.74, 6) is -3.96. The molecular formula is C23H18O6S2. The van der Waals surface area contributed by atoms with E-state index in [1.807, 2.05) is 0 Å². The van der Waals surface area contributed by atoms with Crippen LogP contribution >= 0.6 is 0 Å². The van der Waals surface area contributed by atoms with Crippen molar-refractivity contribution in [2.75, 3.05) is 0 Å². The van der Waals surface area contributed by atoms with Crippen LogP contribution in [0.15, 0.2) is 93.6 Å². The van der Waals surface area contributed by atoms with Crippen LogP contribution in [0, 0.1) is 17.8 Å². The monoisotopic (exact) mass is 454 g/mol. The number of hydrogen-bond donors (Lipinski definition) is 0. The molecule has 1 saturated carbocycles. The van der Waals surface area contributed by atoms with Crippen LogP contribution in [0.2, 0.25) is 0 Å². The summed E-state index contributed by atoms with van der Waals surface area (Å²) in [5.41, 5.74) is 0. The maximum absolute atomic E-state index is 13.9. The Hall–Kier alpha value is -2.84. The van der Waals surface area contributed by atoms with Gasteiger partial charge in [-0.25, -0.2) is 16.8 Å². The first-order valence-electron chi connectivity index (χ1n) is 9.81. The SMILES string of the molecule is O=C1C=C(S(=O)(=O)c2ccccc2)C(=O)[C@@]2(S(=O)(=O)c3ccccc3)C1[C@H]1C=C[C@@H]2C1. The van der Waals surface area contributed by atoms with Gasteiger partial charge in [0.05, 0.1) is 15.7 Å². The second-order valence-corrected chi connectivity index (χ2v) is 12.1. The zero-order valence-electron chi connectivity index (χ0n) is 16.2. The van der Waals surface area contributed by atoms with Gasteiger partial charge in [0.15, 0.2) is 26.2 Å². The first kappa shape index (κ1) is 20.1. The van der Waals surface area contributed by atoms with Crippen LogP contribution in [-0.4, -0.2) is 33.1 Å². The van der Waals surface area contributed by atoms with E-state index >= 15 is 0 Å². The maximum Gasteiger partial charge on any atom is 0.210 e. The van der Waals surface area contributed by atoms with Crippen LogP contribution < -0.4 is 0 Å². The first-order valence-corrected chi connectivity index (χ1v) is 12.8. The van der Waals surface area contributed by atoms with Gasteiger partial charge < -0.3 is 0 Å². The molecule has 0 spiro atoms. The summed E-state index contributed by atoms with van der Waals surface area (Å²) in [6.07, 6.45) is 4.57. The highest BCUT2D eigenvalue weighted by Gasteiger charge is 2.72. The number of carbonyl (C=O) groups excluding carboxylic acids is 2. The van der Waals surface area contributed by atoms with Crippen LogP contribution in [0.1, 0.15) is 6.42 Å². The van der Waals surface area contributed by atoms with Gasteiger partial charge in [0.2, 0.25) is 9.84 Å². The van der Waals surface area contributed by atoms with Gasteiger partial charge in [-0.3, -0.25) is 9.59 Å². The Morgan fingerprint density at radius 2 is 1.35 bits per heavy atom. The van der Waals surface area contributed by atoms with E-state index in [0.717, 1.165) is 6.08 Å². The molecule has 31 heavy (non-hydrogen) atoms. The molecule has 2 aromatic rings. The number of hydrogen-bond acceptors (Lipinski definition) is 6. The molecule has 8 heteroatoms. The summed E-state index contributed by atoms with van der Waals surface area (Å²) in [7, 11) is -8.75. The van der Waals surface area contributed by atoms with Crippen LogP contribution in [0.5, 0.6) is 0 Å². The molecule has 3 aliphatic rings. The first-order chi connectivity index (χ1) is 14.7. The van der Waals surface area contributed by atoms with Gasteiger partial charge in [0.25, 0.3) is 0 Å².